The van der Waals surface area contributed by atoms with Gasteiger partial charge in [-0.3, -0.25) is 0 Å². The van der Waals surface area contributed by atoms with E-state index >= 15 is 0 Å². The number of nitrogens with two attached hydrogens (primary N) is 1. The molecule has 0 aliphatic rings. The highest BCUT2D eigenvalue weighted by Gasteiger charge is 2.04. The van der Waals surface area contributed by atoms with E-state index in [1.54, 1.807) is 6.07 Å². The van der Waals surface area contributed by atoms with Gasteiger partial charge in [0.2, 0.25) is 0 Å². The van der Waals surface area contributed by atoms with Crippen LogP contribution in [-0.2, 0) is 6.61 Å². The second kappa shape index (κ2) is 5.40. The van der Waals surface area contributed by atoms with E-state index in [0.29, 0.717) is 16.8 Å². The Hall–Kier alpha value is -1.55. The van der Waals surface area contributed by atoms with E-state index < -0.39 is 0 Å². The molecule has 0 saturated carbocycles. The Labute approximate surface area is 114 Å². The van der Waals surface area contributed by atoms with Gasteiger partial charge in [-0.15, -0.1) is 0 Å². The fourth-order valence-electron chi connectivity index (χ4n) is 1.63. The number of benzene rings is 2. The maximum atomic E-state index is 13.2. The third kappa shape index (κ3) is 3.01. The monoisotopic (exact) mass is 309 g/mol. The molecular formula is C14H13BrFNO. The van der Waals surface area contributed by atoms with Gasteiger partial charge in [0.25, 0.3) is 0 Å². The van der Waals surface area contributed by atoms with Crippen molar-refractivity contribution < 1.29 is 9.13 Å². The number of anilines is 1. The third-order valence-electron chi connectivity index (χ3n) is 2.72. The van der Waals surface area contributed by atoms with Crippen LogP contribution >= 0.6 is 15.9 Å². The molecule has 0 spiro atoms. The average Bonchev–Trinajstić information content (AvgIpc) is 2.30. The summed E-state index contributed by atoms with van der Waals surface area (Å²) in [7, 11) is 0. The molecule has 94 valence electrons. The fourth-order valence-corrected chi connectivity index (χ4v) is 2.08. The van der Waals surface area contributed by atoms with Gasteiger partial charge in [-0.25, -0.2) is 4.39 Å². The standard InChI is InChI=1S/C14H13BrFNO/c1-9-10(3-2-4-14(9)17)8-18-13-6-11(15)5-12(16)7-13/h2-7H,8,17H2,1H3. The van der Waals surface area contributed by atoms with Crippen molar-refractivity contribution in [3.8, 4) is 5.75 Å². The molecule has 0 fully saturated rings. The molecule has 0 aliphatic carbocycles. The third-order valence-corrected chi connectivity index (χ3v) is 3.18. The lowest BCUT2D eigenvalue weighted by Gasteiger charge is -2.10. The highest BCUT2D eigenvalue weighted by molar-refractivity contribution is 9.10. The van der Waals surface area contributed by atoms with E-state index in [1.165, 1.54) is 12.1 Å². The van der Waals surface area contributed by atoms with E-state index in [2.05, 4.69) is 15.9 Å². The van der Waals surface area contributed by atoms with Crippen molar-refractivity contribution in [1.82, 2.24) is 0 Å². The van der Waals surface area contributed by atoms with Crippen molar-refractivity contribution in [2.45, 2.75) is 13.5 Å². The van der Waals surface area contributed by atoms with Crippen molar-refractivity contribution in [2.75, 3.05) is 5.73 Å². The van der Waals surface area contributed by atoms with Crippen molar-refractivity contribution >= 4 is 21.6 Å². The second-order valence-corrected chi connectivity index (χ2v) is 4.94. The van der Waals surface area contributed by atoms with Gasteiger partial charge in [0.15, 0.2) is 0 Å². The Morgan fingerprint density at radius 1 is 1.28 bits per heavy atom. The number of hydrogen-bond acceptors (Lipinski definition) is 2. The van der Waals surface area contributed by atoms with Crippen molar-refractivity contribution in [3.63, 3.8) is 0 Å². The molecular weight excluding hydrogens is 297 g/mol. The molecule has 0 unspecified atom stereocenters. The van der Waals surface area contributed by atoms with Gasteiger partial charge in [-0.1, -0.05) is 28.1 Å². The molecule has 0 saturated heterocycles. The molecule has 0 radical (unpaired) electrons. The first-order valence-electron chi connectivity index (χ1n) is 5.49. The number of hydrogen-bond donors (Lipinski definition) is 1. The first-order chi connectivity index (χ1) is 8.56. The minimum atomic E-state index is -0.330. The molecule has 4 heteroatoms. The molecule has 18 heavy (non-hydrogen) atoms. The molecule has 2 aromatic carbocycles. The predicted molar refractivity (Wildman–Crippen MR) is 74.0 cm³/mol. The van der Waals surface area contributed by atoms with Crippen LogP contribution in [-0.4, -0.2) is 0 Å². The highest BCUT2D eigenvalue weighted by atomic mass is 79.9. The maximum Gasteiger partial charge on any atom is 0.128 e. The van der Waals surface area contributed by atoms with Crippen LogP contribution in [0.2, 0.25) is 0 Å². The molecule has 0 atom stereocenters. The lowest BCUT2D eigenvalue weighted by Crippen LogP contribution is -2.00. The van der Waals surface area contributed by atoms with Crippen LogP contribution in [0.5, 0.6) is 5.75 Å². The lowest BCUT2D eigenvalue weighted by atomic mass is 10.1. The van der Waals surface area contributed by atoms with Gasteiger partial charge in [-0.05, 0) is 36.2 Å². The smallest absolute Gasteiger partial charge is 0.128 e. The minimum Gasteiger partial charge on any atom is -0.489 e. The second-order valence-electron chi connectivity index (χ2n) is 4.03. The van der Waals surface area contributed by atoms with E-state index in [-0.39, 0.29) is 5.82 Å². The summed E-state index contributed by atoms with van der Waals surface area (Å²) in [6.45, 7) is 2.31. The summed E-state index contributed by atoms with van der Waals surface area (Å²) in [5.74, 6) is 0.160. The van der Waals surface area contributed by atoms with Crippen molar-refractivity contribution in [3.05, 3.63) is 57.8 Å². The van der Waals surface area contributed by atoms with E-state index in [1.807, 2.05) is 25.1 Å². The van der Waals surface area contributed by atoms with Crippen LogP contribution in [0.3, 0.4) is 0 Å². The lowest BCUT2D eigenvalue weighted by molar-refractivity contribution is 0.303. The highest BCUT2D eigenvalue weighted by Crippen LogP contribution is 2.23. The molecule has 0 heterocycles. The molecule has 2 aromatic rings. The van der Waals surface area contributed by atoms with Gasteiger partial charge in [0.05, 0.1) is 0 Å². The zero-order valence-corrected chi connectivity index (χ0v) is 11.5. The molecule has 2 N–H and O–H groups in total. The van der Waals surface area contributed by atoms with Gasteiger partial charge < -0.3 is 10.5 Å². The number of nitrogen functional groups attached to an aromatic ring is 1. The maximum absolute atomic E-state index is 13.2. The molecule has 2 rings (SSSR count). The van der Waals surface area contributed by atoms with Crippen molar-refractivity contribution in [2.24, 2.45) is 0 Å². The molecule has 2 nitrogen and oxygen atoms in total. The van der Waals surface area contributed by atoms with Gasteiger partial charge in [0, 0.05) is 16.2 Å². The van der Waals surface area contributed by atoms with Crippen LogP contribution in [0, 0.1) is 12.7 Å². The quantitative estimate of drug-likeness (QED) is 0.868. The normalized spacial score (nSPS) is 10.4. The summed E-state index contributed by atoms with van der Waals surface area (Å²) in [6.07, 6.45) is 0. The zero-order valence-electron chi connectivity index (χ0n) is 9.91. The van der Waals surface area contributed by atoms with E-state index in [0.717, 1.165) is 16.8 Å². The van der Waals surface area contributed by atoms with Crippen LogP contribution < -0.4 is 10.5 Å². The van der Waals surface area contributed by atoms with Gasteiger partial charge >= 0.3 is 0 Å². The minimum absolute atomic E-state index is 0.330. The number of halogens is 2. The zero-order chi connectivity index (χ0) is 13.1. The fraction of sp³-hybridized carbons (Fsp3) is 0.143. The summed E-state index contributed by atoms with van der Waals surface area (Å²) in [5, 5.41) is 0. The van der Waals surface area contributed by atoms with Crippen LogP contribution in [0.25, 0.3) is 0 Å². The molecule has 0 aliphatic heterocycles. The van der Waals surface area contributed by atoms with E-state index in [9.17, 15) is 4.39 Å². The van der Waals surface area contributed by atoms with Crippen LogP contribution in [0.4, 0.5) is 10.1 Å². The van der Waals surface area contributed by atoms with E-state index in [4.69, 9.17) is 10.5 Å². The van der Waals surface area contributed by atoms with Gasteiger partial charge in [0.1, 0.15) is 18.2 Å². The first-order valence-corrected chi connectivity index (χ1v) is 6.28. The summed E-state index contributed by atoms with van der Waals surface area (Å²) >= 11 is 3.23. The molecule has 0 aromatic heterocycles. The van der Waals surface area contributed by atoms with Crippen LogP contribution in [0.1, 0.15) is 11.1 Å². The average molecular weight is 310 g/mol. The van der Waals surface area contributed by atoms with Crippen molar-refractivity contribution in [1.29, 1.82) is 0 Å². The Kier molecular flexibility index (Phi) is 3.87. The first kappa shape index (κ1) is 12.9. The van der Waals surface area contributed by atoms with Gasteiger partial charge in [-0.2, -0.15) is 0 Å². The molecule has 0 bridgehead atoms. The molecule has 0 amide bonds. The summed E-state index contributed by atoms with van der Waals surface area (Å²) in [6, 6.07) is 10.1. The largest absolute Gasteiger partial charge is 0.489 e. The Morgan fingerprint density at radius 3 is 2.78 bits per heavy atom. The SMILES string of the molecule is Cc1c(N)cccc1COc1cc(F)cc(Br)c1. The Balaban J connectivity index is 2.14. The summed E-state index contributed by atoms with van der Waals surface area (Å²) in [5.41, 5.74) is 8.54. The topological polar surface area (TPSA) is 35.2 Å². The Bertz CT molecular complexity index is 551. The number of rotatable bonds is 3. The number of ether oxygens (including phenoxy) is 1. The summed E-state index contributed by atoms with van der Waals surface area (Å²) < 4.78 is 19.4. The Morgan fingerprint density at radius 2 is 2.06 bits per heavy atom. The predicted octanol–water partition coefficient (Wildman–Crippen LogP) is 4.06. The summed E-state index contributed by atoms with van der Waals surface area (Å²) in [4.78, 5) is 0. The van der Waals surface area contributed by atoms with Crippen LogP contribution in [0.15, 0.2) is 40.9 Å².